The number of nitrogens with zero attached hydrogens (tertiary/aromatic N) is 3. The minimum absolute atomic E-state index is 0.258. The molecule has 2 aliphatic rings. The van der Waals surface area contributed by atoms with Crippen molar-refractivity contribution in [1.82, 2.24) is 19.1 Å². The molecule has 6 nitrogen and oxygen atoms in total. The van der Waals surface area contributed by atoms with Gasteiger partial charge in [0.05, 0.1) is 5.69 Å². The summed E-state index contributed by atoms with van der Waals surface area (Å²) in [5, 5.41) is 1.26. The van der Waals surface area contributed by atoms with Gasteiger partial charge < -0.3 is 14.4 Å². The molecule has 2 bridgehead atoms. The summed E-state index contributed by atoms with van der Waals surface area (Å²) in [5.41, 5.74) is 5.66. The smallest absolute Gasteiger partial charge is 0.263 e. The van der Waals surface area contributed by atoms with Crippen molar-refractivity contribution in [2.45, 2.75) is 51.0 Å². The monoisotopic (exact) mass is 520 g/mol. The number of hydrogen-bond acceptors (Lipinski definition) is 4. The second-order valence-corrected chi connectivity index (χ2v) is 12.1. The molecule has 2 heterocycles. The van der Waals surface area contributed by atoms with Gasteiger partial charge in [0, 0.05) is 48.4 Å². The molecular formula is C30H40N4O2S. The van der Waals surface area contributed by atoms with Gasteiger partial charge in [-0.05, 0) is 69.1 Å². The van der Waals surface area contributed by atoms with Gasteiger partial charge in [-0.1, -0.05) is 55.7 Å². The highest BCUT2D eigenvalue weighted by molar-refractivity contribution is 7.83. The highest BCUT2D eigenvalue weighted by atomic mass is 32.2. The zero-order valence-electron chi connectivity index (χ0n) is 22.2. The van der Waals surface area contributed by atoms with Gasteiger partial charge in [-0.3, -0.25) is 9.52 Å². The molecule has 5 rings (SSSR count). The molecule has 0 spiro atoms. The average Bonchev–Trinajstić information content (AvgIpc) is 3.24. The van der Waals surface area contributed by atoms with Gasteiger partial charge in [0.1, 0.15) is 11.0 Å². The minimum Gasteiger partial charge on any atom is -0.339 e. The van der Waals surface area contributed by atoms with Crippen molar-refractivity contribution < 1.29 is 9.00 Å². The summed E-state index contributed by atoms with van der Waals surface area (Å²) < 4.78 is 17.8. The van der Waals surface area contributed by atoms with E-state index in [1.165, 1.54) is 54.3 Å². The van der Waals surface area contributed by atoms with Crippen LogP contribution in [-0.4, -0.2) is 70.5 Å². The Morgan fingerprint density at radius 3 is 2.27 bits per heavy atom. The van der Waals surface area contributed by atoms with Crippen LogP contribution in [0, 0.1) is 0 Å². The van der Waals surface area contributed by atoms with Crippen molar-refractivity contribution >= 4 is 27.8 Å². The maximum absolute atomic E-state index is 13.1. The number of fused-ring (bicyclic) bond motifs is 1. The molecule has 0 radical (unpaired) electrons. The van der Waals surface area contributed by atoms with Crippen LogP contribution in [0.3, 0.4) is 0 Å². The van der Waals surface area contributed by atoms with Crippen LogP contribution in [0.15, 0.2) is 48.5 Å². The quantitative estimate of drug-likeness (QED) is 0.516. The van der Waals surface area contributed by atoms with Crippen LogP contribution in [0.2, 0.25) is 0 Å². The van der Waals surface area contributed by atoms with Gasteiger partial charge in [0.15, 0.2) is 0 Å². The first-order chi connectivity index (χ1) is 18.0. The Balaban J connectivity index is 1.66. The Kier molecular flexibility index (Phi) is 8.43. The van der Waals surface area contributed by atoms with Crippen LogP contribution < -0.4 is 4.72 Å². The Bertz CT molecular complexity index is 1250. The lowest BCUT2D eigenvalue weighted by molar-refractivity contribution is 0.0983. The fourth-order valence-corrected chi connectivity index (χ4v) is 6.79. The zero-order chi connectivity index (χ0) is 25.8. The topological polar surface area (TPSA) is 57.6 Å². The third-order valence-corrected chi connectivity index (χ3v) is 9.14. The van der Waals surface area contributed by atoms with E-state index >= 15 is 0 Å². The van der Waals surface area contributed by atoms with E-state index in [4.69, 9.17) is 0 Å². The lowest BCUT2D eigenvalue weighted by atomic mass is 9.82. The first-order valence-electron chi connectivity index (χ1n) is 13.8. The molecule has 1 fully saturated rings. The van der Waals surface area contributed by atoms with Crippen molar-refractivity contribution in [3.63, 3.8) is 0 Å². The fourth-order valence-electron chi connectivity index (χ4n) is 5.98. The van der Waals surface area contributed by atoms with Gasteiger partial charge in [-0.15, -0.1) is 0 Å². The second kappa shape index (κ2) is 11.9. The molecule has 1 aromatic heterocycles. The molecule has 1 N–H and O–H groups in total. The molecule has 37 heavy (non-hydrogen) atoms. The summed E-state index contributed by atoms with van der Waals surface area (Å²) in [7, 11) is 2.93. The number of hydrogen-bond donors (Lipinski definition) is 1. The van der Waals surface area contributed by atoms with E-state index in [1.54, 1.807) is 0 Å². The summed E-state index contributed by atoms with van der Waals surface area (Å²) >= 11 is 0. The van der Waals surface area contributed by atoms with Crippen LogP contribution >= 0.6 is 0 Å². The molecule has 198 valence electrons. The highest BCUT2D eigenvalue weighted by Gasteiger charge is 2.27. The average molecular weight is 521 g/mol. The lowest BCUT2D eigenvalue weighted by Crippen LogP contribution is -2.34. The van der Waals surface area contributed by atoms with Crippen LogP contribution in [0.4, 0.5) is 0 Å². The van der Waals surface area contributed by atoms with E-state index in [1.807, 2.05) is 12.1 Å². The molecule has 1 amide bonds. The van der Waals surface area contributed by atoms with E-state index < -0.39 is 11.0 Å². The molecule has 3 aromatic rings. The molecule has 1 unspecified atom stereocenters. The maximum Gasteiger partial charge on any atom is 0.263 e. The SMILES string of the molecule is CN1CCCS(=O)NC(=O)c2ccc3c(C4CCCCC4)c(-c4ccccc4)n(c3c2)CCN(C)CC1. The number of carbonyl (C=O) groups is 1. The Morgan fingerprint density at radius 1 is 0.811 bits per heavy atom. The number of amides is 1. The molecule has 0 saturated heterocycles. The first-order valence-corrected chi connectivity index (χ1v) is 15.1. The fraction of sp³-hybridized carbons (Fsp3) is 0.500. The van der Waals surface area contributed by atoms with Crippen molar-refractivity contribution in [3.05, 3.63) is 59.7 Å². The molecule has 1 aliphatic carbocycles. The number of rotatable bonds is 2. The van der Waals surface area contributed by atoms with Gasteiger partial charge in [0.2, 0.25) is 0 Å². The maximum atomic E-state index is 13.1. The van der Waals surface area contributed by atoms with Crippen LogP contribution in [-0.2, 0) is 17.5 Å². The molecular weight excluding hydrogens is 480 g/mol. The number of benzene rings is 2. The molecule has 7 heteroatoms. The summed E-state index contributed by atoms with van der Waals surface area (Å²) in [4.78, 5) is 17.8. The van der Waals surface area contributed by atoms with E-state index in [0.717, 1.165) is 44.7 Å². The van der Waals surface area contributed by atoms with Crippen LogP contribution in [0.25, 0.3) is 22.2 Å². The summed E-state index contributed by atoms with van der Waals surface area (Å²) in [6, 6.07) is 16.9. The lowest BCUT2D eigenvalue weighted by Gasteiger charge is -2.25. The summed E-state index contributed by atoms with van der Waals surface area (Å²) in [5.74, 6) is 0.737. The van der Waals surface area contributed by atoms with Gasteiger partial charge in [-0.25, -0.2) is 4.21 Å². The summed E-state index contributed by atoms with van der Waals surface area (Å²) in [6.07, 6.45) is 7.08. The van der Waals surface area contributed by atoms with Crippen LogP contribution in [0.1, 0.15) is 60.4 Å². The normalized spacial score (nSPS) is 21.9. The molecule has 1 saturated carbocycles. The van der Waals surface area contributed by atoms with Gasteiger partial charge >= 0.3 is 0 Å². The van der Waals surface area contributed by atoms with E-state index in [0.29, 0.717) is 17.2 Å². The largest absolute Gasteiger partial charge is 0.339 e. The number of carbonyl (C=O) groups excluding carboxylic acids is 1. The number of aromatic nitrogens is 1. The van der Waals surface area contributed by atoms with E-state index in [9.17, 15) is 9.00 Å². The first kappa shape index (κ1) is 26.1. The predicted octanol–water partition coefficient (Wildman–Crippen LogP) is 5.02. The van der Waals surface area contributed by atoms with Crippen molar-refractivity contribution in [2.75, 3.05) is 46.0 Å². The van der Waals surface area contributed by atoms with Gasteiger partial charge in [0.25, 0.3) is 5.91 Å². The van der Waals surface area contributed by atoms with E-state index in [2.05, 4.69) is 69.6 Å². The van der Waals surface area contributed by atoms with Crippen molar-refractivity contribution in [3.8, 4) is 11.3 Å². The van der Waals surface area contributed by atoms with Gasteiger partial charge in [-0.2, -0.15) is 0 Å². The Morgan fingerprint density at radius 2 is 1.51 bits per heavy atom. The van der Waals surface area contributed by atoms with Crippen molar-refractivity contribution in [1.29, 1.82) is 0 Å². The minimum atomic E-state index is -1.38. The number of nitrogens with one attached hydrogen (secondary N) is 1. The van der Waals surface area contributed by atoms with E-state index in [-0.39, 0.29) is 5.91 Å². The van der Waals surface area contributed by atoms with Crippen LogP contribution in [0.5, 0.6) is 0 Å². The Labute approximate surface area is 223 Å². The molecule has 1 aliphatic heterocycles. The third kappa shape index (κ3) is 6.00. The standard InChI is InChI=1S/C30H40N4O2S/c1-32-16-9-21-37(36)31-30(35)25-14-15-26-27(22-25)34(20-19-33(2)18-17-32)29(24-12-7-4-8-13-24)28(26)23-10-5-3-6-11-23/h4,7-8,12-15,22-23H,3,5-6,9-11,16-21H2,1-2H3,(H,31,35). The second-order valence-electron chi connectivity index (χ2n) is 10.8. The molecule has 2 aromatic carbocycles. The highest BCUT2D eigenvalue weighted by Crippen LogP contribution is 2.44. The number of likely N-dealkylation sites (N-methyl/N-ethyl adjacent to an activating group) is 2. The zero-order valence-corrected chi connectivity index (χ0v) is 23.1. The molecule has 1 atom stereocenters. The summed E-state index contributed by atoms with van der Waals surface area (Å²) in [6.45, 7) is 4.60. The predicted molar refractivity (Wildman–Crippen MR) is 153 cm³/mol. The Hall–Kier alpha value is -2.48. The van der Waals surface area contributed by atoms with Crippen molar-refractivity contribution in [2.24, 2.45) is 0 Å². The third-order valence-electron chi connectivity index (χ3n) is 8.07.